The standard InChI is InChI=1S/C26H28N6O2/c1-18(19-6-4-3-5-7-19)27-26(33)21-14-16-31(17-15-21)24-13-12-23-28-29-25(32(23)30-24)20-8-10-22(34-2)11-9-20/h3-13,18,21H,14-17H2,1-2H3,(H,27,33)/t18-/m1/s1. The minimum atomic E-state index is 0.000852. The van der Waals surface area contributed by atoms with Gasteiger partial charge in [0.1, 0.15) is 11.6 Å². The highest BCUT2D eigenvalue weighted by Crippen LogP contribution is 2.25. The molecule has 1 N–H and O–H groups in total. The number of hydrogen-bond acceptors (Lipinski definition) is 6. The summed E-state index contributed by atoms with van der Waals surface area (Å²) >= 11 is 0. The number of fused-ring (bicyclic) bond motifs is 1. The van der Waals surface area contributed by atoms with Crippen molar-refractivity contribution in [2.24, 2.45) is 5.92 Å². The van der Waals surface area contributed by atoms with Crippen molar-refractivity contribution < 1.29 is 9.53 Å². The molecule has 8 heteroatoms. The number of anilines is 1. The number of carbonyl (C=O) groups excluding carboxylic acids is 1. The minimum absolute atomic E-state index is 0.000852. The smallest absolute Gasteiger partial charge is 0.223 e. The molecule has 1 amide bonds. The number of piperidine rings is 1. The highest BCUT2D eigenvalue weighted by atomic mass is 16.5. The molecule has 1 aliphatic heterocycles. The molecular formula is C26H28N6O2. The van der Waals surface area contributed by atoms with Crippen LogP contribution in [0.5, 0.6) is 5.75 Å². The summed E-state index contributed by atoms with van der Waals surface area (Å²) in [6.07, 6.45) is 1.58. The molecule has 2 aromatic heterocycles. The molecule has 34 heavy (non-hydrogen) atoms. The molecule has 8 nitrogen and oxygen atoms in total. The van der Waals surface area contributed by atoms with Crippen LogP contribution in [0.2, 0.25) is 0 Å². The summed E-state index contributed by atoms with van der Waals surface area (Å²) in [6, 6.07) is 21.7. The molecule has 174 valence electrons. The monoisotopic (exact) mass is 456 g/mol. The van der Waals surface area contributed by atoms with Crippen LogP contribution in [0.4, 0.5) is 5.82 Å². The summed E-state index contributed by atoms with van der Waals surface area (Å²) in [6.45, 7) is 3.58. The lowest BCUT2D eigenvalue weighted by Crippen LogP contribution is -2.41. The summed E-state index contributed by atoms with van der Waals surface area (Å²) in [4.78, 5) is 15.1. The number of methoxy groups -OCH3 is 1. The van der Waals surface area contributed by atoms with Gasteiger partial charge in [-0.2, -0.15) is 4.52 Å². The molecule has 4 aromatic rings. The van der Waals surface area contributed by atoms with Crippen LogP contribution in [0.15, 0.2) is 66.7 Å². The maximum Gasteiger partial charge on any atom is 0.223 e. The van der Waals surface area contributed by atoms with Gasteiger partial charge in [0.25, 0.3) is 0 Å². The predicted molar refractivity (Wildman–Crippen MR) is 131 cm³/mol. The zero-order valence-corrected chi connectivity index (χ0v) is 19.4. The number of nitrogens with one attached hydrogen (secondary N) is 1. The largest absolute Gasteiger partial charge is 0.497 e. The van der Waals surface area contributed by atoms with E-state index in [1.54, 1.807) is 11.6 Å². The van der Waals surface area contributed by atoms with Crippen LogP contribution >= 0.6 is 0 Å². The van der Waals surface area contributed by atoms with Crippen LogP contribution in [0.25, 0.3) is 17.0 Å². The van der Waals surface area contributed by atoms with Crippen molar-refractivity contribution in [3.63, 3.8) is 0 Å². The van der Waals surface area contributed by atoms with Gasteiger partial charge in [-0.25, -0.2) is 0 Å². The first-order chi connectivity index (χ1) is 16.6. The van der Waals surface area contributed by atoms with E-state index in [0.717, 1.165) is 48.6 Å². The maximum atomic E-state index is 12.8. The molecule has 5 rings (SSSR count). The van der Waals surface area contributed by atoms with E-state index in [1.165, 1.54) is 0 Å². The predicted octanol–water partition coefficient (Wildman–Crippen LogP) is 3.89. The summed E-state index contributed by atoms with van der Waals surface area (Å²) in [5.74, 6) is 2.47. The van der Waals surface area contributed by atoms with Crippen LogP contribution in [-0.4, -0.2) is 45.9 Å². The van der Waals surface area contributed by atoms with Crippen LogP contribution in [0.3, 0.4) is 0 Å². The number of benzene rings is 2. The fraction of sp³-hybridized carbons (Fsp3) is 0.308. The highest BCUT2D eigenvalue weighted by Gasteiger charge is 2.27. The number of hydrogen-bond donors (Lipinski definition) is 1. The average Bonchev–Trinajstić information content (AvgIpc) is 3.32. The van der Waals surface area contributed by atoms with Gasteiger partial charge in [0.05, 0.1) is 13.2 Å². The number of aromatic nitrogens is 4. The van der Waals surface area contributed by atoms with E-state index in [-0.39, 0.29) is 17.9 Å². The third kappa shape index (κ3) is 4.44. The van der Waals surface area contributed by atoms with E-state index in [4.69, 9.17) is 9.84 Å². The Bertz CT molecular complexity index is 1260. The van der Waals surface area contributed by atoms with Crippen molar-refractivity contribution in [2.45, 2.75) is 25.8 Å². The van der Waals surface area contributed by atoms with Crippen LogP contribution in [0, 0.1) is 5.92 Å². The maximum absolute atomic E-state index is 12.8. The molecule has 1 saturated heterocycles. The lowest BCUT2D eigenvalue weighted by atomic mass is 9.95. The number of rotatable bonds is 6. The van der Waals surface area contributed by atoms with E-state index >= 15 is 0 Å². The van der Waals surface area contributed by atoms with Gasteiger partial charge in [-0.3, -0.25) is 4.79 Å². The second-order valence-corrected chi connectivity index (χ2v) is 8.62. The van der Waals surface area contributed by atoms with Crippen molar-refractivity contribution in [1.29, 1.82) is 0 Å². The van der Waals surface area contributed by atoms with Gasteiger partial charge in [-0.1, -0.05) is 30.3 Å². The van der Waals surface area contributed by atoms with Crippen molar-refractivity contribution in [3.05, 3.63) is 72.3 Å². The van der Waals surface area contributed by atoms with Gasteiger partial charge in [0, 0.05) is 24.6 Å². The quantitative estimate of drug-likeness (QED) is 0.474. The number of ether oxygens (including phenoxy) is 1. The Morgan fingerprint density at radius 3 is 2.44 bits per heavy atom. The van der Waals surface area contributed by atoms with Gasteiger partial charge in [-0.15, -0.1) is 15.3 Å². The molecule has 0 saturated carbocycles. The van der Waals surface area contributed by atoms with Crippen molar-refractivity contribution in [2.75, 3.05) is 25.1 Å². The Labute approximate surface area is 198 Å². The Kier molecular flexibility index (Phi) is 6.12. The van der Waals surface area contributed by atoms with Crippen LogP contribution < -0.4 is 15.0 Å². The SMILES string of the molecule is COc1ccc(-c2nnc3ccc(N4CCC(C(=O)N[C@H](C)c5ccccc5)CC4)nn23)cc1. The molecule has 0 unspecified atom stereocenters. The molecule has 0 spiro atoms. The molecule has 3 heterocycles. The van der Waals surface area contributed by atoms with E-state index < -0.39 is 0 Å². The van der Waals surface area contributed by atoms with Gasteiger partial charge in [0.15, 0.2) is 11.5 Å². The number of amides is 1. The van der Waals surface area contributed by atoms with E-state index in [0.29, 0.717) is 11.5 Å². The fourth-order valence-electron chi connectivity index (χ4n) is 4.40. The number of nitrogens with zero attached hydrogens (tertiary/aromatic N) is 5. The zero-order valence-electron chi connectivity index (χ0n) is 19.4. The lowest BCUT2D eigenvalue weighted by Gasteiger charge is -2.32. The van der Waals surface area contributed by atoms with Gasteiger partial charge in [0.2, 0.25) is 5.91 Å². The third-order valence-electron chi connectivity index (χ3n) is 6.45. The molecule has 0 bridgehead atoms. The van der Waals surface area contributed by atoms with Crippen LogP contribution in [-0.2, 0) is 4.79 Å². The first-order valence-corrected chi connectivity index (χ1v) is 11.6. The van der Waals surface area contributed by atoms with Crippen LogP contribution in [0.1, 0.15) is 31.4 Å². The second kappa shape index (κ2) is 9.51. The molecule has 0 radical (unpaired) electrons. The van der Waals surface area contributed by atoms with Crippen molar-refractivity contribution >= 4 is 17.4 Å². The third-order valence-corrected chi connectivity index (χ3v) is 6.45. The molecule has 1 aliphatic rings. The van der Waals surface area contributed by atoms with Gasteiger partial charge < -0.3 is 15.0 Å². The summed E-state index contributed by atoms with van der Waals surface area (Å²) in [5, 5.41) is 16.6. The van der Waals surface area contributed by atoms with E-state index in [1.807, 2.05) is 73.7 Å². The summed E-state index contributed by atoms with van der Waals surface area (Å²) in [7, 11) is 1.64. The second-order valence-electron chi connectivity index (χ2n) is 8.62. The van der Waals surface area contributed by atoms with Crippen molar-refractivity contribution in [3.8, 4) is 17.1 Å². The Morgan fingerprint density at radius 2 is 1.74 bits per heavy atom. The fourth-order valence-corrected chi connectivity index (χ4v) is 4.40. The summed E-state index contributed by atoms with van der Waals surface area (Å²) < 4.78 is 7.02. The van der Waals surface area contributed by atoms with E-state index in [9.17, 15) is 4.79 Å². The Hall–Kier alpha value is -3.94. The minimum Gasteiger partial charge on any atom is -0.497 e. The molecule has 1 atom stereocenters. The first-order valence-electron chi connectivity index (χ1n) is 11.6. The zero-order chi connectivity index (χ0) is 23.5. The molecule has 1 fully saturated rings. The molecule has 0 aliphatic carbocycles. The normalized spacial score (nSPS) is 15.3. The highest BCUT2D eigenvalue weighted by molar-refractivity contribution is 5.79. The number of carbonyl (C=O) groups is 1. The first kappa shape index (κ1) is 21.9. The Morgan fingerprint density at radius 1 is 1.00 bits per heavy atom. The molecule has 2 aromatic carbocycles. The molecular weight excluding hydrogens is 428 g/mol. The van der Waals surface area contributed by atoms with Crippen molar-refractivity contribution in [1.82, 2.24) is 25.1 Å². The van der Waals surface area contributed by atoms with Gasteiger partial charge >= 0.3 is 0 Å². The topological polar surface area (TPSA) is 84.7 Å². The average molecular weight is 457 g/mol. The lowest BCUT2D eigenvalue weighted by molar-refractivity contribution is -0.126. The van der Waals surface area contributed by atoms with E-state index in [2.05, 4.69) is 20.4 Å². The van der Waals surface area contributed by atoms with Gasteiger partial charge in [-0.05, 0) is 61.7 Å². The summed E-state index contributed by atoms with van der Waals surface area (Å²) in [5.41, 5.74) is 2.73. The Balaban J connectivity index is 1.26.